The molecule has 21 heavy (non-hydrogen) atoms. The molecule has 1 aromatic heterocycles. The molecule has 0 spiro atoms. The highest BCUT2D eigenvalue weighted by Crippen LogP contribution is 2.32. The predicted molar refractivity (Wildman–Crippen MR) is 82.3 cm³/mol. The Labute approximate surface area is 124 Å². The molecule has 2 N–H and O–H groups in total. The second-order valence-corrected chi connectivity index (χ2v) is 5.32. The molecule has 1 aliphatic heterocycles. The van der Waals surface area contributed by atoms with Gasteiger partial charge in [-0.2, -0.15) is 5.26 Å². The highest BCUT2D eigenvalue weighted by molar-refractivity contribution is 5.85. The summed E-state index contributed by atoms with van der Waals surface area (Å²) in [6, 6.07) is 8.50. The van der Waals surface area contributed by atoms with Crippen LogP contribution in [0.2, 0.25) is 0 Å². The van der Waals surface area contributed by atoms with E-state index in [0.29, 0.717) is 6.42 Å². The molecule has 0 unspecified atom stereocenters. The Bertz CT molecular complexity index is 652. The summed E-state index contributed by atoms with van der Waals surface area (Å²) < 4.78 is 5.33. The normalized spacial score (nSPS) is 17.5. The number of rotatable bonds is 4. The van der Waals surface area contributed by atoms with Gasteiger partial charge in [-0.1, -0.05) is 0 Å². The van der Waals surface area contributed by atoms with Crippen LogP contribution in [0.3, 0.4) is 0 Å². The van der Waals surface area contributed by atoms with Crippen LogP contribution in [-0.2, 0) is 0 Å². The summed E-state index contributed by atoms with van der Waals surface area (Å²) in [5.74, 6) is 0.847. The molecule has 2 heterocycles. The lowest BCUT2D eigenvalue weighted by Crippen LogP contribution is -2.45. The van der Waals surface area contributed by atoms with Gasteiger partial charge in [-0.3, -0.25) is 4.90 Å². The third-order valence-electron chi connectivity index (χ3n) is 4.16. The lowest BCUT2D eigenvalue weighted by molar-refractivity contribution is 0.176. The van der Waals surface area contributed by atoms with Crippen molar-refractivity contribution in [2.24, 2.45) is 0 Å². The van der Waals surface area contributed by atoms with Crippen molar-refractivity contribution in [1.82, 2.24) is 15.2 Å². The number of benzene rings is 1. The van der Waals surface area contributed by atoms with Crippen LogP contribution in [0.1, 0.15) is 18.0 Å². The van der Waals surface area contributed by atoms with Crippen molar-refractivity contribution in [3.8, 4) is 11.8 Å². The van der Waals surface area contributed by atoms with Gasteiger partial charge < -0.3 is 15.0 Å². The number of nitriles is 1. The summed E-state index contributed by atoms with van der Waals surface area (Å²) in [6.45, 7) is 3.91. The number of hydrogen-bond donors (Lipinski definition) is 2. The number of nitrogens with zero attached hydrogens (tertiary/aromatic N) is 2. The maximum atomic E-state index is 9.21. The van der Waals surface area contributed by atoms with Gasteiger partial charge in [-0.15, -0.1) is 0 Å². The van der Waals surface area contributed by atoms with E-state index in [2.05, 4.69) is 21.3 Å². The summed E-state index contributed by atoms with van der Waals surface area (Å²) in [4.78, 5) is 5.70. The number of methoxy groups -OCH3 is 1. The maximum absolute atomic E-state index is 9.21. The third-order valence-corrected chi connectivity index (χ3v) is 4.16. The Kier molecular flexibility index (Phi) is 4.09. The van der Waals surface area contributed by atoms with Gasteiger partial charge in [0.1, 0.15) is 5.75 Å². The molecular weight excluding hydrogens is 264 g/mol. The number of aromatic nitrogens is 1. The van der Waals surface area contributed by atoms with E-state index in [1.165, 1.54) is 5.56 Å². The molecule has 0 amide bonds. The minimum atomic E-state index is 0.137. The number of ether oxygens (including phenoxy) is 1. The zero-order valence-electron chi connectivity index (χ0n) is 12.2. The molecular formula is C16H20N4O. The summed E-state index contributed by atoms with van der Waals surface area (Å²) in [5.41, 5.74) is 2.27. The Morgan fingerprint density at radius 3 is 2.90 bits per heavy atom. The molecule has 5 nitrogen and oxygen atoms in total. The first-order chi connectivity index (χ1) is 10.3. The standard InChI is InChI=1S/C16H20N4O/c1-21-12-2-3-15-13(10-12)14(11-19-15)16(4-5-17)20-8-6-18-7-9-20/h2-3,10-11,16,18-19H,4,6-9H2,1H3/t16-/m1/s1. The van der Waals surface area contributed by atoms with Crippen LogP contribution in [0, 0.1) is 11.3 Å². The molecule has 0 aliphatic carbocycles. The maximum Gasteiger partial charge on any atom is 0.119 e. The van der Waals surface area contributed by atoms with Gasteiger partial charge in [0, 0.05) is 49.3 Å². The average Bonchev–Trinajstić information content (AvgIpc) is 2.96. The molecule has 0 radical (unpaired) electrons. The number of hydrogen-bond acceptors (Lipinski definition) is 4. The summed E-state index contributed by atoms with van der Waals surface area (Å²) in [6.07, 6.45) is 2.54. The van der Waals surface area contributed by atoms with E-state index in [1.807, 2.05) is 24.4 Å². The summed E-state index contributed by atoms with van der Waals surface area (Å²) in [7, 11) is 1.68. The fourth-order valence-corrected chi connectivity index (χ4v) is 3.04. The van der Waals surface area contributed by atoms with Crippen LogP contribution < -0.4 is 10.1 Å². The Hall–Kier alpha value is -2.03. The second-order valence-electron chi connectivity index (χ2n) is 5.32. The van der Waals surface area contributed by atoms with Crippen molar-refractivity contribution in [3.05, 3.63) is 30.0 Å². The molecule has 1 aliphatic rings. The topological polar surface area (TPSA) is 64.1 Å². The fraction of sp³-hybridized carbons (Fsp3) is 0.438. The van der Waals surface area contributed by atoms with E-state index < -0.39 is 0 Å². The first kappa shape index (κ1) is 13.9. The van der Waals surface area contributed by atoms with Crippen LogP contribution in [0.4, 0.5) is 0 Å². The highest BCUT2D eigenvalue weighted by Gasteiger charge is 2.24. The zero-order chi connectivity index (χ0) is 14.7. The van der Waals surface area contributed by atoms with Crippen LogP contribution in [0.15, 0.2) is 24.4 Å². The molecule has 0 saturated carbocycles. The van der Waals surface area contributed by atoms with E-state index in [0.717, 1.165) is 42.8 Å². The van der Waals surface area contributed by atoms with Crippen LogP contribution in [0.25, 0.3) is 10.9 Å². The highest BCUT2D eigenvalue weighted by atomic mass is 16.5. The minimum absolute atomic E-state index is 0.137. The van der Waals surface area contributed by atoms with Crippen molar-refractivity contribution in [1.29, 1.82) is 5.26 Å². The molecule has 1 aromatic carbocycles. The summed E-state index contributed by atoms with van der Waals surface area (Å²) >= 11 is 0. The van der Waals surface area contributed by atoms with Crippen LogP contribution >= 0.6 is 0 Å². The second kappa shape index (κ2) is 6.17. The SMILES string of the molecule is COc1ccc2[nH]cc([C@@H](CC#N)N3CCNCC3)c2c1. The fourth-order valence-electron chi connectivity index (χ4n) is 3.04. The quantitative estimate of drug-likeness (QED) is 0.902. The van der Waals surface area contributed by atoms with E-state index >= 15 is 0 Å². The van der Waals surface area contributed by atoms with Crippen molar-refractivity contribution < 1.29 is 4.74 Å². The van der Waals surface area contributed by atoms with E-state index in [4.69, 9.17) is 4.74 Å². The lowest BCUT2D eigenvalue weighted by Gasteiger charge is -2.33. The molecule has 0 bridgehead atoms. The molecule has 110 valence electrons. The van der Waals surface area contributed by atoms with Crippen molar-refractivity contribution in [2.45, 2.75) is 12.5 Å². The monoisotopic (exact) mass is 284 g/mol. The molecule has 3 rings (SSSR count). The average molecular weight is 284 g/mol. The number of H-pyrrole nitrogens is 1. The predicted octanol–water partition coefficient (Wildman–Crippen LogP) is 2.04. The Balaban J connectivity index is 2.00. The van der Waals surface area contributed by atoms with Crippen LogP contribution in [0.5, 0.6) is 5.75 Å². The minimum Gasteiger partial charge on any atom is -0.497 e. The molecule has 2 aromatic rings. The first-order valence-electron chi connectivity index (χ1n) is 7.30. The molecule has 1 saturated heterocycles. The summed E-state index contributed by atoms with van der Waals surface area (Å²) in [5, 5.41) is 13.7. The number of piperazine rings is 1. The lowest BCUT2D eigenvalue weighted by atomic mass is 10.0. The van der Waals surface area contributed by atoms with Gasteiger partial charge in [0.2, 0.25) is 0 Å². The van der Waals surface area contributed by atoms with Gasteiger partial charge in [0.05, 0.1) is 19.6 Å². The largest absolute Gasteiger partial charge is 0.497 e. The number of fused-ring (bicyclic) bond motifs is 1. The van der Waals surface area contributed by atoms with E-state index in [1.54, 1.807) is 7.11 Å². The Morgan fingerprint density at radius 2 is 2.19 bits per heavy atom. The van der Waals surface area contributed by atoms with Gasteiger partial charge in [0.25, 0.3) is 0 Å². The third kappa shape index (κ3) is 2.73. The van der Waals surface area contributed by atoms with E-state index in [9.17, 15) is 5.26 Å². The van der Waals surface area contributed by atoms with Gasteiger partial charge >= 0.3 is 0 Å². The van der Waals surface area contributed by atoms with Crippen molar-refractivity contribution >= 4 is 10.9 Å². The van der Waals surface area contributed by atoms with Crippen molar-refractivity contribution in [3.63, 3.8) is 0 Å². The van der Waals surface area contributed by atoms with Gasteiger partial charge in [-0.05, 0) is 23.8 Å². The first-order valence-corrected chi connectivity index (χ1v) is 7.30. The molecule has 5 heteroatoms. The smallest absolute Gasteiger partial charge is 0.119 e. The molecule has 1 atom stereocenters. The zero-order valence-corrected chi connectivity index (χ0v) is 12.2. The number of nitrogens with one attached hydrogen (secondary N) is 2. The van der Waals surface area contributed by atoms with E-state index in [-0.39, 0.29) is 6.04 Å². The Morgan fingerprint density at radius 1 is 1.38 bits per heavy atom. The van der Waals surface area contributed by atoms with Gasteiger partial charge in [-0.25, -0.2) is 0 Å². The van der Waals surface area contributed by atoms with Crippen LogP contribution in [-0.4, -0.2) is 43.2 Å². The number of aromatic amines is 1. The molecule has 1 fully saturated rings. The van der Waals surface area contributed by atoms with Crippen molar-refractivity contribution in [2.75, 3.05) is 33.3 Å². The van der Waals surface area contributed by atoms with Gasteiger partial charge in [0.15, 0.2) is 0 Å².